The van der Waals surface area contributed by atoms with Gasteiger partial charge in [-0.25, -0.2) is 15.4 Å². The Morgan fingerprint density at radius 3 is 2.73 bits per heavy atom. The maximum Gasteiger partial charge on any atom is 0.143 e. The van der Waals surface area contributed by atoms with Crippen LogP contribution in [0.15, 0.2) is 24.5 Å². The lowest BCUT2D eigenvalue weighted by Crippen LogP contribution is -2.46. The van der Waals surface area contributed by atoms with Crippen molar-refractivity contribution in [3.63, 3.8) is 0 Å². The van der Waals surface area contributed by atoms with Crippen LogP contribution >= 0.6 is 0 Å². The molecule has 5 rings (SSSR count). The van der Waals surface area contributed by atoms with Crippen molar-refractivity contribution in [1.29, 1.82) is 0 Å². The Hall–Kier alpha value is -2.30. The Morgan fingerprint density at radius 1 is 1.17 bits per heavy atom. The molecule has 9 nitrogen and oxygen atoms in total. The standard InChI is InChI=1S/C21H29N7O2/c22-27-21(29)13-1-6-17-16(11-13)18-19(23-12-24-20(18)26-17)25-14-2-4-15(5-3-14)28-7-9-30-10-8-28/h1,6,11-12,14-15,21,27,29H,2-5,7-10,22H2,(H2,23,24,25,26). The summed E-state index contributed by atoms with van der Waals surface area (Å²) in [6.07, 6.45) is 5.30. The zero-order chi connectivity index (χ0) is 20.5. The summed E-state index contributed by atoms with van der Waals surface area (Å²) in [5, 5.41) is 15.7. The van der Waals surface area contributed by atoms with Gasteiger partial charge >= 0.3 is 0 Å². The first-order valence-electron chi connectivity index (χ1n) is 10.7. The van der Waals surface area contributed by atoms with Gasteiger partial charge in [0.2, 0.25) is 0 Å². The van der Waals surface area contributed by atoms with Gasteiger partial charge in [-0.3, -0.25) is 10.7 Å². The average molecular weight is 412 g/mol. The van der Waals surface area contributed by atoms with Gasteiger partial charge in [0.15, 0.2) is 0 Å². The van der Waals surface area contributed by atoms with Crippen molar-refractivity contribution < 1.29 is 9.84 Å². The Labute approximate surface area is 175 Å². The minimum atomic E-state index is -0.921. The second kappa shape index (κ2) is 8.44. The number of aliphatic hydroxyl groups is 1. The fourth-order valence-corrected chi connectivity index (χ4v) is 4.84. The molecular formula is C21H29N7O2. The van der Waals surface area contributed by atoms with E-state index in [1.165, 1.54) is 12.8 Å². The van der Waals surface area contributed by atoms with Gasteiger partial charge in [-0.1, -0.05) is 6.07 Å². The van der Waals surface area contributed by atoms with Gasteiger partial charge < -0.3 is 20.1 Å². The van der Waals surface area contributed by atoms with Crippen LogP contribution in [0.3, 0.4) is 0 Å². The molecule has 0 amide bonds. The summed E-state index contributed by atoms with van der Waals surface area (Å²) in [6.45, 7) is 3.81. The van der Waals surface area contributed by atoms with Crippen LogP contribution in [0.1, 0.15) is 37.5 Å². The second-order valence-corrected chi connectivity index (χ2v) is 8.24. The average Bonchev–Trinajstić information content (AvgIpc) is 3.18. The van der Waals surface area contributed by atoms with Gasteiger partial charge in [0.05, 0.1) is 18.6 Å². The number of nitrogens with two attached hydrogens (primary N) is 1. The van der Waals surface area contributed by atoms with E-state index in [2.05, 4.69) is 30.6 Å². The molecule has 3 heterocycles. The highest BCUT2D eigenvalue weighted by molar-refractivity contribution is 6.11. The second-order valence-electron chi connectivity index (χ2n) is 8.24. The van der Waals surface area contributed by atoms with Crippen molar-refractivity contribution >= 4 is 27.8 Å². The summed E-state index contributed by atoms with van der Waals surface area (Å²) in [6, 6.07) is 6.77. The van der Waals surface area contributed by atoms with Crippen LogP contribution in [-0.2, 0) is 4.74 Å². The number of rotatable bonds is 5. The number of aliphatic hydroxyl groups excluding tert-OH is 1. The molecule has 3 aromatic rings. The predicted molar refractivity (Wildman–Crippen MR) is 116 cm³/mol. The summed E-state index contributed by atoms with van der Waals surface area (Å²) in [5.74, 6) is 6.24. The molecule has 6 N–H and O–H groups in total. The fraction of sp³-hybridized carbons (Fsp3) is 0.524. The van der Waals surface area contributed by atoms with Crippen LogP contribution in [0, 0.1) is 0 Å². The minimum absolute atomic E-state index is 0.393. The number of H-pyrrole nitrogens is 1. The first kappa shape index (κ1) is 19.7. The number of morpholine rings is 1. The molecule has 2 aromatic heterocycles. The van der Waals surface area contributed by atoms with E-state index in [4.69, 9.17) is 10.6 Å². The number of hydrazine groups is 1. The molecule has 30 heavy (non-hydrogen) atoms. The van der Waals surface area contributed by atoms with Crippen LogP contribution in [0.4, 0.5) is 5.82 Å². The van der Waals surface area contributed by atoms with Gasteiger partial charge in [0.25, 0.3) is 0 Å². The number of anilines is 1. The van der Waals surface area contributed by atoms with Gasteiger partial charge in [-0.2, -0.15) is 0 Å². The molecule has 0 spiro atoms. The lowest BCUT2D eigenvalue weighted by Gasteiger charge is -2.39. The van der Waals surface area contributed by atoms with E-state index in [-0.39, 0.29) is 0 Å². The topological polar surface area (TPSA) is 124 Å². The first-order valence-corrected chi connectivity index (χ1v) is 10.7. The largest absolute Gasteiger partial charge is 0.379 e. The Bertz CT molecular complexity index is 1010. The van der Waals surface area contributed by atoms with E-state index >= 15 is 0 Å². The predicted octanol–water partition coefficient (Wildman–Crippen LogP) is 1.62. The third-order valence-electron chi connectivity index (χ3n) is 6.49. The smallest absolute Gasteiger partial charge is 0.143 e. The van der Waals surface area contributed by atoms with Crippen LogP contribution in [0.5, 0.6) is 0 Å². The van der Waals surface area contributed by atoms with Crippen molar-refractivity contribution in [2.75, 3.05) is 31.6 Å². The van der Waals surface area contributed by atoms with Gasteiger partial charge in [-0.15, -0.1) is 0 Å². The minimum Gasteiger partial charge on any atom is -0.379 e. The Morgan fingerprint density at radius 2 is 1.97 bits per heavy atom. The summed E-state index contributed by atoms with van der Waals surface area (Å²) in [4.78, 5) is 14.9. The summed E-state index contributed by atoms with van der Waals surface area (Å²) in [7, 11) is 0. The zero-order valence-corrected chi connectivity index (χ0v) is 17.0. The van der Waals surface area contributed by atoms with E-state index < -0.39 is 6.23 Å². The number of ether oxygens (including phenoxy) is 1. The van der Waals surface area contributed by atoms with Crippen molar-refractivity contribution in [2.24, 2.45) is 5.84 Å². The Kier molecular flexibility index (Phi) is 5.53. The quantitative estimate of drug-likeness (QED) is 0.244. The molecule has 1 unspecified atom stereocenters. The van der Waals surface area contributed by atoms with E-state index in [0.717, 1.165) is 66.9 Å². The normalized spacial score (nSPS) is 24.3. The van der Waals surface area contributed by atoms with Crippen LogP contribution in [-0.4, -0.2) is 63.3 Å². The maximum atomic E-state index is 10.1. The molecule has 1 aromatic carbocycles. The summed E-state index contributed by atoms with van der Waals surface area (Å²) in [5.41, 5.74) is 4.83. The van der Waals surface area contributed by atoms with Crippen molar-refractivity contribution in [2.45, 2.75) is 44.0 Å². The van der Waals surface area contributed by atoms with Crippen molar-refractivity contribution in [3.05, 3.63) is 30.1 Å². The molecule has 1 saturated heterocycles. The number of aromatic amines is 1. The lowest BCUT2D eigenvalue weighted by atomic mass is 9.90. The van der Waals surface area contributed by atoms with Crippen molar-refractivity contribution in [1.82, 2.24) is 25.3 Å². The van der Waals surface area contributed by atoms with Crippen molar-refractivity contribution in [3.8, 4) is 0 Å². The zero-order valence-electron chi connectivity index (χ0n) is 17.0. The SMILES string of the molecule is NNC(O)c1ccc2[nH]c3ncnc(NC4CCC(N5CCOCC5)CC4)c3c2c1. The molecule has 0 bridgehead atoms. The van der Waals surface area contributed by atoms with Crippen LogP contribution < -0.4 is 16.6 Å². The van der Waals surface area contributed by atoms with E-state index in [9.17, 15) is 5.11 Å². The van der Waals surface area contributed by atoms with E-state index in [1.54, 1.807) is 6.33 Å². The monoisotopic (exact) mass is 411 g/mol. The number of fused-ring (bicyclic) bond motifs is 3. The fourth-order valence-electron chi connectivity index (χ4n) is 4.84. The summed E-state index contributed by atoms with van der Waals surface area (Å²) < 4.78 is 5.49. The Balaban J connectivity index is 1.36. The molecule has 2 fully saturated rings. The van der Waals surface area contributed by atoms with Gasteiger partial charge in [0, 0.05) is 36.1 Å². The number of hydrogen-bond acceptors (Lipinski definition) is 8. The third-order valence-corrected chi connectivity index (χ3v) is 6.49. The number of aromatic nitrogens is 3. The molecule has 160 valence electrons. The van der Waals surface area contributed by atoms with Gasteiger partial charge in [-0.05, 0) is 43.4 Å². The van der Waals surface area contributed by atoms with Crippen LogP contribution in [0.2, 0.25) is 0 Å². The van der Waals surface area contributed by atoms with Crippen LogP contribution in [0.25, 0.3) is 21.9 Å². The van der Waals surface area contributed by atoms with Gasteiger partial charge in [0.1, 0.15) is 24.0 Å². The highest BCUT2D eigenvalue weighted by Crippen LogP contribution is 2.33. The molecule has 1 aliphatic carbocycles. The molecule has 1 aliphatic heterocycles. The molecule has 9 heteroatoms. The number of nitrogens with one attached hydrogen (secondary N) is 3. The molecule has 0 radical (unpaired) electrons. The molecule has 2 aliphatic rings. The number of benzene rings is 1. The lowest BCUT2D eigenvalue weighted by molar-refractivity contribution is 0.00791. The first-order chi connectivity index (χ1) is 14.7. The number of nitrogens with zero attached hydrogens (tertiary/aromatic N) is 3. The molecule has 1 atom stereocenters. The third kappa shape index (κ3) is 3.75. The highest BCUT2D eigenvalue weighted by atomic mass is 16.5. The van der Waals surface area contributed by atoms with E-state index in [1.807, 2.05) is 18.2 Å². The molecular weight excluding hydrogens is 382 g/mol. The number of hydrogen-bond donors (Lipinski definition) is 5. The summed E-state index contributed by atoms with van der Waals surface area (Å²) >= 11 is 0. The maximum absolute atomic E-state index is 10.1. The molecule has 1 saturated carbocycles. The van der Waals surface area contributed by atoms with E-state index in [0.29, 0.717) is 17.6 Å². The highest BCUT2D eigenvalue weighted by Gasteiger charge is 2.27.